The second-order valence-corrected chi connectivity index (χ2v) is 7.35. The lowest BCUT2D eigenvalue weighted by Gasteiger charge is -2.15. The van der Waals surface area contributed by atoms with Gasteiger partial charge in [0.25, 0.3) is 0 Å². The zero-order chi connectivity index (χ0) is 21.0. The lowest BCUT2D eigenvalue weighted by atomic mass is 9.96. The highest BCUT2D eigenvalue weighted by molar-refractivity contribution is 6.01. The Morgan fingerprint density at radius 1 is 1.24 bits per heavy atom. The maximum Gasteiger partial charge on any atom is 0.244 e. The Kier molecular flexibility index (Phi) is 6.42. The summed E-state index contributed by atoms with van der Waals surface area (Å²) in [4.78, 5) is 12.4. The lowest BCUT2D eigenvalue weighted by molar-refractivity contribution is -0.117. The molecule has 0 aliphatic carbocycles. The molecule has 1 atom stereocenters. The van der Waals surface area contributed by atoms with E-state index in [0.29, 0.717) is 6.61 Å². The first-order valence-corrected chi connectivity index (χ1v) is 10.2. The zero-order valence-corrected chi connectivity index (χ0v) is 17.8. The molecule has 0 aliphatic rings. The van der Waals surface area contributed by atoms with E-state index < -0.39 is 0 Å². The second-order valence-electron chi connectivity index (χ2n) is 7.35. The Morgan fingerprint density at radius 3 is 2.62 bits per heavy atom. The van der Waals surface area contributed by atoms with Gasteiger partial charge in [-0.05, 0) is 51.3 Å². The van der Waals surface area contributed by atoms with E-state index >= 15 is 0 Å². The molecule has 0 saturated carbocycles. The second kappa shape index (κ2) is 8.99. The topological polar surface area (TPSA) is 51.5 Å². The van der Waals surface area contributed by atoms with Crippen molar-refractivity contribution < 1.29 is 13.9 Å². The molecular weight excluding hydrogens is 362 g/mol. The van der Waals surface area contributed by atoms with Crippen LogP contribution >= 0.6 is 0 Å². The molecule has 1 aromatic heterocycles. The van der Waals surface area contributed by atoms with Gasteiger partial charge in [0, 0.05) is 34.2 Å². The molecule has 0 spiro atoms. The number of allylic oxidation sites excluding steroid dienone is 1. The highest BCUT2D eigenvalue weighted by atomic mass is 16.5. The van der Waals surface area contributed by atoms with Crippen molar-refractivity contribution in [2.24, 2.45) is 0 Å². The van der Waals surface area contributed by atoms with Crippen molar-refractivity contribution in [3.05, 3.63) is 59.9 Å². The number of carbonyl (C=O) groups excluding carboxylic acids is 1. The first kappa shape index (κ1) is 20.7. The third kappa shape index (κ3) is 4.37. The molecule has 1 amide bonds. The number of aryl methyl sites for hydroxylation is 1. The molecule has 1 heterocycles. The summed E-state index contributed by atoms with van der Waals surface area (Å²) in [6.45, 7) is 10.5. The van der Waals surface area contributed by atoms with Crippen LogP contribution in [-0.2, 0) is 4.79 Å². The van der Waals surface area contributed by atoms with Crippen molar-refractivity contribution in [3.63, 3.8) is 0 Å². The van der Waals surface area contributed by atoms with Crippen LogP contribution < -0.4 is 10.1 Å². The van der Waals surface area contributed by atoms with Crippen LogP contribution in [0, 0.1) is 6.92 Å². The van der Waals surface area contributed by atoms with Gasteiger partial charge in [0.15, 0.2) is 0 Å². The Morgan fingerprint density at radius 2 is 1.97 bits per heavy atom. The number of benzene rings is 2. The monoisotopic (exact) mass is 391 g/mol. The number of carbonyl (C=O) groups is 1. The summed E-state index contributed by atoms with van der Waals surface area (Å²) in [5, 5.41) is 4.01. The summed E-state index contributed by atoms with van der Waals surface area (Å²) < 4.78 is 11.9. The fraction of sp³-hybridized carbons (Fsp3) is 0.320. The van der Waals surface area contributed by atoms with Gasteiger partial charge in [0.05, 0.1) is 12.9 Å². The van der Waals surface area contributed by atoms with Crippen LogP contribution in [0.4, 0.5) is 0 Å². The van der Waals surface area contributed by atoms with Gasteiger partial charge in [0.2, 0.25) is 5.91 Å². The molecule has 1 N–H and O–H groups in total. The van der Waals surface area contributed by atoms with Gasteiger partial charge in [-0.3, -0.25) is 4.79 Å². The predicted molar refractivity (Wildman–Crippen MR) is 119 cm³/mol. The number of furan rings is 1. The van der Waals surface area contributed by atoms with Crippen LogP contribution in [0.15, 0.2) is 53.2 Å². The summed E-state index contributed by atoms with van der Waals surface area (Å²) in [5.74, 6) is 0.673. The quantitative estimate of drug-likeness (QED) is 0.493. The molecule has 0 fully saturated rings. The number of hydrogen-bond acceptors (Lipinski definition) is 3. The Balaban J connectivity index is 2.14. The first-order valence-electron chi connectivity index (χ1n) is 10.2. The fourth-order valence-electron chi connectivity index (χ4n) is 3.44. The van der Waals surface area contributed by atoms with Gasteiger partial charge >= 0.3 is 0 Å². The average Bonchev–Trinajstić information content (AvgIpc) is 3.14. The predicted octanol–water partition coefficient (Wildman–Crippen LogP) is 6.12. The molecule has 3 aromatic rings. The highest BCUT2D eigenvalue weighted by Gasteiger charge is 2.19. The maximum absolute atomic E-state index is 12.4. The molecule has 4 heteroatoms. The number of hydrogen-bond donors (Lipinski definition) is 1. The largest absolute Gasteiger partial charge is 0.493 e. The summed E-state index contributed by atoms with van der Waals surface area (Å²) in [6.07, 6.45) is 4.34. The van der Waals surface area contributed by atoms with E-state index in [4.69, 9.17) is 9.15 Å². The van der Waals surface area contributed by atoms with Gasteiger partial charge in [-0.25, -0.2) is 0 Å². The molecule has 0 bridgehead atoms. The Bertz CT molecular complexity index is 1030. The maximum atomic E-state index is 12.4. The number of rotatable bonds is 7. The standard InChI is InChI=1S/C25H29NO3/c1-6-17(4)26-23(27)13-16(3)20-14-21-22(19-11-9-8-10-12-19)15-29-25(21)18(5)24(20)28-7-2/h8-15,17H,6-7H2,1-5H3,(H,26,27)/b16-13+. The molecule has 3 rings (SSSR count). The van der Waals surface area contributed by atoms with E-state index in [0.717, 1.165) is 51.0 Å². The number of ether oxygens (including phenoxy) is 1. The van der Waals surface area contributed by atoms with Crippen molar-refractivity contribution in [2.75, 3.05) is 6.61 Å². The van der Waals surface area contributed by atoms with Crippen molar-refractivity contribution in [3.8, 4) is 16.9 Å². The minimum Gasteiger partial charge on any atom is -0.493 e. The lowest BCUT2D eigenvalue weighted by Crippen LogP contribution is -2.30. The van der Waals surface area contributed by atoms with Gasteiger partial charge < -0.3 is 14.5 Å². The third-order valence-corrected chi connectivity index (χ3v) is 5.19. The minimum atomic E-state index is -0.0903. The molecule has 2 aromatic carbocycles. The molecule has 4 nitrogen and oxygen atoms in total. The van der Waals surface area contributed by atoms with Gasteiger partial charge in [-0.1, -0.05) is 37.3 Å². The van der Waals surface area contributed by atoms with E-state index in [9.17, 15) is 4.79 Å². The summed E-state index contributed by atoms with van der Waals surface area (Å²) in [6, 6.07) is 12.4. The molecule has 0 saturated heterocycles. The zero-order valence-electron chi connectivity index (χ0n) is 17.8. The van der Waals surface area contributed by atoms with Crippen molar-refractivity contribution in [2.45, 2.75) is 47.1 Å². The van der Waals surface area contributed by atoms with Crippen molar-refractivity contribution in [1.29, 1.82) is 0 Å². The van der Waals surface area contributed by atoms with Crippen LogP contribution in [0.3, 0.4) is 0 Å². The Hall–Kier alpha value is -3.01. The van der Waals surface area contributed by atoms with Gasteiger partial charge in [-0.15, -0.1) is 0 Å². The van der Waals surface area contributed by atoms with E-state index in [-0.39, 0.29) is 11.9 Å². The third-order valence-electron chi connectivity index (χ3n) is 5.19. The summed E-state index contributed by atoms with van der Waals surface area (Å²) in [5.41, 5.74) is 5.65. The molecule has 0 radical (unpaired) electrons. The summed E-state index contributed by atoms with van der Waals surface area (Å²) >= 11 is 0. The number of nitrogens with one attached hydrogen (secondary N) is 1. The highest BCUT2D eigenvalue weighted by Crippen LogP contribution is 2.40. The van der Waals surface area contributed by atoms with E-state index in [2.05, 4.69) is 30.4 Å². The van der Waals surface area contributed by atoms with Crippen LogP contribution in [0.2, 0.25) is 0 Å². The van der Waals surface area contributed by atoms with E-state index in [1.165, 1.54) is 0 Å². The summed E-state index contributed by atoms with van der Waals surface area (Å²) in [7, 11) is 0. The van der Waals surface area contributed by atoms with Crippen LogP contribution in [0.25, 0.3) is 27.7 Å². The SMILES string of the molecule is CCOc1c(/C(C)=C/C(=O)NC(C)CC)cc2c(-c3ccccc3)coc2c1C. The van der Waals surface area contributed by atoms with Crippen molar-refractivity contribution >= 4 is 22.4 Å². The fourth-order valence-corrected chi connectivity index (χ4v) is 3.44. The molecule has 1 unspecified atom stereocenters. The first-order chi connectivity index (χ1) is 14.0. The Labute approximate surface area is 172 Å². The average molecular weight is 392 g/mol. The van der Waals surface area contributed by atoms with E-state index in [1.54, 1.807) is 12.3 Å². The van der Waals surface area contributed by atoms with E-state index in [1.807, 2.05) is 45.9 Å². The minimum absolute atomic E-state index is 0.0903. The normalized spacial score (nSPS) is 12.8. The molecular formula is C25H29NO3. The smallest absolute Gasteiger partial charge is 0.244 e. The molecule has 29 heavy (non-hydrogen) atoms. The van der Waals surface area contributed by atoms with Crippen molar-refractivity contribution in [1.82, 2.24) is 5.32 Å². The van der Waals surface area contributed by atoms with Gasteiger partial charge in [-0.2, -0.15) is 0 Å². The number of fused-ring (bicyclic) bond motifs is 1. The molecule has 152 valence electrons. The molecule has 0 aliphatic heterocycles. The van der Waals surface area contributed by atoms with Crippen LogP contribution in [-0.4, -0.2) is 18.6 Å². The van der Waals surface area contributed by atoms with Crippen LogP contribution in [0.5, 0.6) is 5.75 Å². The van der Waals surface area contributed by atoms with Gasteiger partial charge in [0.1, 0.15) is 11.3 Å². The number of amides is 1. The van der Waals surface area contributed by atoms with Crippen LogP contribution in [0.1, 0.15) is 45.2 Å².